The number of nitrogens with one attached hydrogen (secondary N) is 2. The van der Waals surface area contributed by atoms with Crippen LogP contribution in [0.25, 0.3) is 0 Å². The van der Waals surface area contributed by atoms with Gasteiger partial charge < -0.3 is 15.4 Å². The fourth-order valence-electron chi connectivity index (χ4n) is 0.643. The highest BCUT2D eigenvalue weighted by molar-refractivity contribution is 5.77. The van der Waals surface area contributed by atoms with Gasteiger partial charge in [0, 0.05) is 13.8 Å². The second-order valence-electron chi connectivity index (χ2n) is 2.60. The van der Waals surface area contributed by atoms with Crippen LogP contribution in [-0.2, 0) is 19.1 Å². The molecule has 0 radical (unpaired) electrons. The van der Waals surface area contributed by atoms with Crippen LogP contribution in [0.4, 0.5) is 0 Å². The minimum atomic E-state index is -0.417. The molecule has 0 fully saturated rings. The number of carbonyl (C=O) groups is 3. The van der Waals surface area contributed by atoms with Crippen molar-refractivity contribution in [2.24, 2.45) is 0 Å². The van der Waals surface area contributed by atoms with E-state index in [-0.39, 0.29) is 31.5 Å². The fraction of sp³-hybridized carbons (Fsp3) is 0.625. The molecule has 14 heavy (non-hydrogen) atoms. The first kappa shape index (κ1) is 12.4. The SMILES string of the molecule is CC(=O)NCNC(=O)CCOC(C)=O. The summed E-state index contributed by atoms with van der Waals surface area (Å²) < 4.78 is 4.55. The lowest BCUT2D eigenvalue weighted by Gasteiger charge is -2.05. The molecule has 0 saturated carbocycles. The molecule has 0 rings (SSSR count). The van der Waals surface area contributed by atoms with Crippen LogP contribution in [0, 0.1) is 0 Å². The van der Waals surface area contributed by atoms with Gasteiger partial charge in [-0.2, -0.15) is 0 Å². The summed E-state index contributed by atoms with van der Waals surface area (Å²) in [5, 5.41) is 4.82. The summed E-state index contributed by atoms with van der Waals surface area (Å²) in [6.45, 7) is 2.77. The van der Waals surface area contributed by atoms with Crippen LogP contribution in [-0.4, -0.2) is 31.1 Å². The molecule has 0 aliphatic heterocycles. The molecule has 0 aliphatic carbocycles. The van der Waals surface area contributed by atoms with E-state index < -0.39 is 5.97 Å². The Morgan fingerprint density at radius 1 is 1.14 bits per heavy atom. The third-order valence-corrected chi connectivity index (χ3v) is 1.26. The number of rotatable bonds is 5. The first-order valence-electron chi connectivity index (χ1n) is 4.17. The van der Waals surface area contributed by atoms with Crippen molar-refractivity contribution in [2.75, 3.05) is 13.3 Å². The van der Waals surface area contributed by atoms with E-state index in [1.807, 2.05) is 0 Å². The van der Waals surface area contributed by atoms with Crippen LogP contribution in [0.15, 0.2) is 0 Å². The van der Waals surface area contributed by atoms with Crippen LogP contribution in [0.5, 0.6) is 0 Å². The third-order valence-electron chi connectivity index (χ3n) is 1.26. The summed E-state index contributed by atoms with van der Waals surface area (Å²) in [7, 11) is 0. The average Bonchev–Trinajstić information content (AvgIpc) is 2.02. The topological polar surface area (TPSA) is 84.5 Å². The zero-order valence-electron chi connectivity index (χ0n) is 8.25. The summed E-state index contributed by atoms with van der Waals surface area (Å²) in [6, 6.07) is 0. The van der Waals surface area contributed by atoms with Crippen LogP contribution >= 0.6 is 0 Å². The van der Waals surface area contributed by atoms with Gasteiger partial charge in [0.1, 0.15) is 6.61 Å². The highest BCUT2D eigenvalue weighted by Crippen LogP contribution is 1.83. The highest BCUT2D eigenvalue weighted by atomic mass is 16.5. The van der Waals surface area contributed by atoms with E-state index in [2.05, 4.69) is 15.4 Å². The molecule has 0 spiro atoms. The molecular formula is C8H14N2O4. The van der Waals surface area contributed by atoms with Crippen molar-refractivity contribution in [1.29, 1.82) is 0 Å². The molecular weight excluding hydrogens is 188 g/mol. The average molecular weight is 202 g/mol. The number of amides is 2. The van der Waals surface area contributed by atoms with Gasteiger partial charge in [-0.25, -0.2) is 0 Å². The summed E-state index contributed by atoms with van der Waals surface area (Å²) in [4.78, 5) is 31.7. The number of hydrogen-bond donors (Lipinski definition) is 2. The maximum Gasteiger partial charge on any atom is 0.302 e. The van der Waals surface area contributed by atoms with E-state index in [4.69, 9.17) is 0 Å². The Labute approximate surface area is 82.0 Å². The number of hydrogen-bond acceptors (Lipinski definition) is 4. The van der Waals surface area contributed by atoms with Crippen molar-refractivity contribution >= 4 is 17.8 Å². The monoisotopic (exact) mass is 202 g/mol. The maximum absolute atomic E-state index is 11.0. The van der Waals surface area contributed by atoms with Gasteiger partial charge in [0.25, 0.3) is 0 Å². The lowest BCUT2D eigenvalue weighted by atomic mass is 10.4. The maximum atomic E-state index is 11.0. The molecule has 0 bridgehead atoms. The predicted molar refractivity (Wildman–Crippen MR) is 48.1 cm³/mol. The molecule has 80 valence electrons. The molecule has 0 aromatic heterocycles. The Balaban J connectivity index is 3.37. The van der Waals surface area contributed by atoms with Crippen molar-refractivity contribution in [3.8, 4) is 0 Å². The van der Waals surface area contributed by atoms with Gasteiger partial charge in [0.15, 0.2) is 0 Å². The molecule has 2 N–H and O–H groups in total. The molecule has 6 heteroatoms. The number of esters is 1. The van der Waals surface area contributed by atoms with Gasteiger partial charge in [0.2, 0.25) is 11.8 Å². The Bertz CT molecular complexity index is 205. The quantitative estimate of drug-likeness (QED) is 0.449. The minimum Gasteiger partial charge on any atom is -0.465 e. The minimum absolute atomic E-state index is 0.0568. The Hall–Kier alpha value is -1.59. The summed E-state index contributed by atoms with van der Waals surface area (Å²) in [6.07, 6.45) is 0.0964. The molecule has 0 heterocycles. The first-order valence-corrected chi connectivity index (χ1v) is 4.17. The summed E-state index contributed by atoms with van der Waals surface area (Å²) in [5.41, 5.74) is 0. The molecule has 6 nitrogen and oxygen atoms in total. The van der Waals surface area contributed by atoms with Crippen molar-refractivity contribution in [2.45, 2.75) is 20.3 Å². The lowest BCUT2D eigenvalue weighted by molar-refractivity contribution is -0.141. The van der Waals surface area contributed by atoms with E-state index in [1.54, 1.807) is 0 Å². The van der Waals surface area contributed by atoms with Crippen LogP contribution in [0.3, 0.4) is 0 Å². The molecule has 0 aromatic carbocycles. The molecule has 0 atom stereocenters. The van der Waals surface area contributed by atoms with E-state index in [9.17, 15) is 14.4 Å². The standard InChI is InChI=1S/C8H14N2O4/c1-6(11)9-5-10-8(13)3-4-14-7(2)12/h3-5H2,1-2H3,(H,9,11)(H,10,13). The molecule has 0 unspecified atom stereocenters. The van der Waals surface area contributed by atoms with E-state index >= 15 is 0 Å². The number of ether oxygens (including phenoxy) is 1. The van der Waals surface area contributed by atoms with Crippen LogP contribution in [0.2, 0.25) is 0 Å². The van der Waals surface area contributed by atoms with Crippen molar-refractivity contribution < 1.29 is 19.1 Å². The molecule has 0 aliphatic rings. The Kier molecular flexibility index (Phi) is 6.09. The van der Waals surface area contributed by atoms with Gasteiger partial charge >= 0.3 is 5.97 Å². The fourth-order valence-corrected chi connectivity index (χ4v) is 0.643. The summed E-state index contributed by atoms with van der Waals surface area (Å²) in [5.74, 6) is -0.912. The van der Waals surface area contributed by atoms with E-state index in [0.29, 0.717) is 0 Å². The second kappa shape index (κ2) is 6.88. The normalized spacial score (nSPS) is 9.00. The zero-order chi connectivity index (χ0) is 11.0. The first-order chi connectivity index (χ1) is 6.52. The van der Waals surface area contributed by atoms with Crippen molar-refractivity contribution in [3.63, 3.8) is 0 Å². The third kappa shape index (κ3) is 8.51. The molecule has 2 amide bonds. The number of carbonyl (C=O) groups excluding carboxylic acids is 3. The van der Waals surface area contributed by atoms with Gasteiger partial charge in [-0.3, -0.25) is 14.4 Å². The highest BCUT2D eigenvalue weighted by Gasteiger charge is 2.01. The van der Waals surface area contributed by atoms with Crippen LogP contribution in [0.1, 0.15) is 20.3 Å². The van der Waals surface area contributed by atoms with Gasteiger partial charge in [-0.1, -0.05) is 0 Å². The summed E-state index contributed by atoms with van der Waals surface area (Å²) >= 11 is 0. The predicted octanol–water partition coefficient (Wildman–Crippen LogP) is -0.851. The Morgan fingerprint density at radius 2 is 1.79 bits per heavy atom. The van der Waals surface area contributed by atoms with Gasteiger partial charge in [-0.15, -0.1) is 0 Å². The van der Waals surface area contributed by atoms with E-state index in [1.165, 1.54) is 13.8 Å². The molecule has 0 saturated heterocycles. The van der Waals surface area contributed by atoms with Crippen molar-refractivity contribution in [1.82, 2.24) is 10.6 Å². The Morgan fingerprint density at radius 3 is 2.29 bits per heavy atom. The van der Waals surface area contributed by atoms with Crippen molar-refractivity contribution in [3.05, 3.63) is 0 Å². The molecule has 0 aromatic rings. The van der Waals surface area contributed by atoms with Gasteiger partial charge in [-0.05, 0) is 0 Å². The zero-order valence-corrected chi connectivity index (χ0v) is 8.25. The largest absolute Gasteiger partial charge is 0.465 e. The lowest BCUT2D eigenvalue weighted by Crippen LogP contribution is -2.36. The van der Waals surface area contributed by atoms with Crippen LogP contribution < -0.4 is 10.6 Å². The smallest absolute Gasteiger partial charge is 0.302 e. The second-order valence-corrected chi connectivity index (χ2v) is 2.60. The van der Waals surface area contributed by atoms with E-state index in [0.717, 1.165) is 0 Å². The van der Waals surface area contributed by atoms with Gasteiger partial charge in [0.05, 0.1) is 13.1 Å².